The van der Waals surface area contributed by atoms with Crippen molar-refractivity contribution in [3.05, 3.63) is 216 Å². The van der Waals surface area contributed by atoms with Crippen molar-refractivity contribution in [1.82, 2.24) is 53.9 Å². The molecule has 3 N–H and O–H groups in total. The SMILES string of the molecule is COc1ccc(C(OCC2OC(n3cnc4c(NC(=O)c5ccc(CNC(=O)CCC(C)C)cc5)ncnc43)CC2OP(OCCC#N)OCC2OC(n3cnc4c(NC(=O)CCCN(C)C(=O)OCC5c6ccccc6-c6ccccc65)ncnc43)CC2OP(OCCC#N)N(C(C)C)C(C)C)(c2ccccc2)c2ccc(OC)cc2)cc1. The monoisotopic (exact) mass is 1660 g/mol. The largest absolute Gasteiger partial charge is 0.497 e. The maximum atomic E-state index is 14.0. The predicted molar refractivity (Wildman–Crippen MR) is 446 cm³/mol. The molecule has 8 unspecified atom stereocenters. The number of carbonyl (C=O) groups is 4. The summed E-state index contributed by atoms with van der Waals surface area (Å²) in [7, 11) is 0.570. The molecule has 1 aliphatic carbocycles. The summed E-state index contributed by atoms with van der Waals surface area (Å²) >= 11 is 0. The van der Waals surface area contributed by atoms with Gasteiger partial charge in [0.15, 0.2) is 34.0 Å². The summed E-state index contributed by atoms with van der Waals surface area (Å²) in [4.78, 5) is 83.0. The molecule has 6 heterocycles. The molecule has 32 heteroatoms. The summed E-state index contributed by atoms with van der Waals surface area (Å²) in [5.74, 6) is 1.03. The standard InChI is InChI=1S/C87H99N15O15P2/c1-56(2)27-40-75(103)90-48-59-28-30-60(31-29-59)85(105)98-82-80-84(94-53-92-82)101(55-96-80)78-47-72(73(114-78)50-110-87(61-20-11-10-12-21-61,62-32-36-64(107-8)37-33-62)63-34-38-65(108-9)39-35-63)117-119(112-45-19-42-89)113-51-74-71(116-118(111-44-18-41-88)102(57(3)4)58(5)6)46-77(115-74)100-54-95-79-81(91-52-93-83(79)100)97-76(104)26-17-43-99(7)86(106)109-49-70-68-24-15-13-22-66(68)67-23-14-16-25-69(67)70/h10-16,20-25,28-39,52-58,70-74,77-78H,17-19,26-27,40,43-51H2,1-9H3,(H,90,103)(H,91,93,97,104)(H,92,94,98,105). The minimum Gasteiger partial charge on any atom is -0.497 e. The van der Waals surface area contributed by atoms with E-state index < -0.39 is 71.6 Å². The van der Waals surface area contributed by atoms with E-state index >= 15 is 0 Å². The average Bonchev–Trinajstić information content (AvgIpc) is 1.28. The summed E-state index contributed by atoms with van der Waals surface area (Å²) < 4.78 is 78.7. The van der Waals surface area contributed by atoms with Crippen molar-refractivity contribution >= 4 is 74.9 Å². The molecule has 4 aromatic heterocycles. The number of methoxy groups -OCH3 is 2. The number of benzene rings is 6. The van der Waals surface area contributed by atoms with Crippen LogP contribution in [0.5, 0.6) is 11.5 Å². The van der Waals surface area contributed by atoms with Crippen molar-refractivity contribution in [3.8, 4) is 34.8 Å². The second-order valence-corrected chi connectivity index (χ2v) is 32.6. The number of rotatable bonds is 40. The molecule has 622 valence electrons. The van der Waals surface area contributed by atoms with Gasteiger partial charge in [0, 0.05) is 69.4 Å². The Hall–Kier alpha value is -10.8. The molecule has 2 fully saturated rings. The van der Waals surface area contributed by atoms with Crippen molar-refractivity contribution < 1.29 is 70.2 Å². The van der Waals surface area contributed by atoms with Crippen molar-refractivity contribution in [2.75, 3.05) is 71.5 Å². The summed E-state index contributed by atoms with van der Waals surface area (Å²) in [5, 5.41) is 28.5. The van der Waals surface area contributed by atoms with Crippen LogP contribution in [-0.2, 0) is 63.3 Å². The van der Waals surface area contributed by atoms with E-state index in [9.17, 15) is 29.7 Å². The smallest absolute Gasteiger partial charge is 0.409 e. The van der Waals surface area contributed by atoms with Gasteiger partial charge in [0.25, 0.3) is 14.4 Å². The molecule has 0 radical (unpaired) electrons. The van der Waals surface area contributed by atoms with Crippen molar-refractivity contribution in [3.63, 3.8) is 0 Å². The number of aromatic nitrogens is 8. The first-order valence-corrected chi connectivity index (χ1v) is 42.1. The van der Waals surface area contributed by atoms with Crippen LogP contribution in [0.1, 0.15) is 155 Å². The number of anilines is 2. The maximum Gasteiger partial charge on any atom is 0.409 e. The number of nitrogens with one attached hydrogen (secondary N) is 3. The lowest BCUT2D eigenvalue weighted by atomic mass is 9.80. The molecule has 13 rings (SSSR count). The molecule has 119 heavy (non-hydrogen) atoms. The molecule has 3 aliphatic rings. The van der Waals surface area contributed by atoms with Gasteiger partial charge >= 0.3 is 14.7 Å². The van der Waals surface area contributed by atoms with Crippen molar-refractivity contribution in [2.45, 2.75) is 160 Å². The molecule has 0 saturated carbocycles. The fourth-order valence-corrected chi connectivity index (χ4v) is 17.8. The van der Waals surface area contributed by atoms with Crippen molar-refractivity contribution in [1.29, 1.82) is 10.5 Å². The van der Waals surface area contributed by atoms with E-state index in [4.69, 9.17) is 66.0 Å². The number of amides is 4. The first-order valence-electron chi connectivity index (χ1n) is 39.9. The summed E-state index contributed by atoms with van der Waals surface area (Å²) in [6.45, 7) is 12.7. The number of nitriles is 2. The van der Waals surface area contributed by atoms with Crippen LogP contribution >= 0.6 is 17.1 Å². The lowest BCUT2D eigenvalue weighted by Gasteiger charge is -2.37. The molecule has 8 atom stereocenters. The summed E-state index contributed by atoms with van der Waals surface area (Å²) in [5.41, 5.74) is 7.88. The lowest BCUT2D eigenvalue weighted by molar-refractivity contribution is -0.121. The van der Waals surface area contributed by atoms with Crippen LogP contribution in [0.4, 0.5) is 16.4 Å². The van der Waals surface area contributed by atoms with Crippen molar-refractivity contribution in [2.24, 2.45) is 5.92 Å². The van der Waals surface area contributed by atoms with Gasteiger partial charge in [-0.05, 0) is 127 Å². The van der Waals surface area contributed by atoms with Gasteiger partial charge in [-0.2, -0.15) is 10.5 Å². The molecule has 4 amide bonds. The first kappa shape index (κ1) is 86.0. The molecule has 0 spiro atoms. The molecule has 0 bridgehead atoms. The summed E-state index contributed by atoms with van der Waals surface area (Å²) in [6.07, 6.45) is 2.13. The van der Waals surface area contributed by atoms with Gasteiger partial charge in [0.05, 0.1) is 90.5 Å². The van der Waals surface area contributed by atoms with Gasteiger partial charge < -0.3 is 71.9 Å². The van der Waals surface area contributed by atoms with Crippen LogP contribution in [0, 0.1) is 28.6 Å². The quantitative estimate of drug-likeness (QED) is 0.0182. The van der Waals surface area contributed by atoms with Gasteiger partial charge in [0.1, 0.15) is 61.0 Å². The average molecular weight is 1660 g/mol. The van der Waals surface area contributed by atoms with E-state index in [1.165, 1.54) is 17.6 Å². The zero-order valence-electron chi connectivity index (χ0n) is 68.0. The van der Waals surface area contributed by atoms with E-state index in [2.05, 4.69) is 85.8 Å². The lowest BCUT2D eigenvalue weighted by Crippen LogP contribution is -2.38. The van der Waals surface area contributed by atoms with Gasteiger partial charge in [0.2, 0.25) is 11.8 Å². The van der Waals surface area contributed by atoms with E-state index in [1.807, 2.05) is 131 Å². The Bertz CT molecular complexity index is 5070. The van der Waals surface area contributed by atoms with Gasteiger partial charge in [-0.3, -0.25) is 23.5 Å². The molecular weight excluding hydrogens is 1560 g/mol. The fraction of sp³-hybridized carbons (Fsp3) is 0.402. The van der Waals surface area contributed by atoms with Gasteiger partial charge in [-0.1, -0.05) is 129 Å². The number of hydrogen-bond donors (Lipinski definition) is 3. The maximum absolute atomic E-state index is 14.0. The Balaban J connectivity index is 0.762. The van der Waals surface area contributed by atoms with Crippen LogP contribution in [0.3, 0.4) is 0 Å². The Morgan fingerprint density at radius 3 is 1.70 bits per heavy atom. The zero-order valence-corrected chi connectivity index (χ0v) is 69.8. The molecular formula is C87H99N15O15P2. The fourth-order valence-electron chi connectivity index (χ4n) is 14.9. The minimum atomic E-state index is -2.43. The topological polar surface area (TPSA) is 347 Å². The van der Waals surface area contributed by atoms with Crippen LogP contribution in [0.15, 0.2) is 177 Å². The number of imidazole rings is 2. The highest BCUT2D eigenvalue weighted by atomic mass is 31.2. The predicted octanol–water partition coefficient (Wildman–Crippen LogP) is 15.4. The highest BCUT2D eigenvalue weighted by Crippen LogP contribution is 2.53. The highest BCUT2D eigenvalue weighted by molar-refractivity contribution is 7.44. The molecule has 30 nitrogen and oxygen atoms in total. The zero-order chi connectivity index (χ0) is 83.5. The van der Waals surface area contributed by atoms with Crippen LogP contribution in [0.2, 0.25) is 0 Å². The van der Waals surface area contributed by atoms with Gasteiger partial charge in [-0.15, -0.1) is 0 Å². The Morgan fingerprint density at radius 2 is 1.13 bits per heavy atom. The van der Waals surface area contributed by atoms with E-state index in [-0.39, 0.29) is 124 Å². The number of carbonyl (C=O) groups excluding carboxylic acids is 4. The molecule has 6 aromatic carbocycles. The number of fused-ring (bicyclic) bond motifs is 5. The number of hydrogen-bond acceptors (Lipinski definition) is 24. The Labute approximate surface area is 694 Å². The van der Waals surface area contributed by atoms with Crippen LogP contribution in [0.25, 0.3) is 33.5 Å². The van der Waals surface area contributed by atoms with E-state index in [0.717, 1.165) is 50.9 Å². The summed E-state index contributed by atoms with van der Waals surface area (Å²) in [6, 6.07) is 52.6. The van der Waals surface area contributed by atoms with E-state index in [0.29, 0.717) is 53.7 Å². The Morgan fingerprint density at radius 1 is 0.597 bits per heavy atom. The van der Waals surface area contributed by atoms with Gasteiger partial charge in [-0.25, -0.2) is 39.4 Å². The number of nitrogens with zero attached hydrogens (tertiary/aromatic N) is 12. The molecule has 10 aromatic rings. The van der Waals surface area contributed by atoms with Crippen LogP contribution in [-0.4, -0.2) is 170 Å². The third-order valence-corrected chi connectivity index (χ3v) is 24.2. The Kier molecular flexibility index (Phi) is 29.5. The molecule has 2 saturated heterocycles. The molecule has 2 aliphatic heterocycles. The first-order chi connectivity index (χ1) is 57.8. The number of ether oxygens (including phenoxy) is 6. The normalized spacial score (nSPS) is 17.6. The third-order valence-electron chi connectivity index (χ3n) is 20.9. The second-order valence-electron chi connectivity index (χ2n) is 30.0. The third kappa shape index (κ3) is 20.7. The highest BCUT2D eigenvalue weighted by Gasteiger charge is 2.47. The second kappa shape index (κ2) is 40.8. The van der Waals surface area contributed by atoms with E-state index in [1.54, 1.807) is 67.3 Å². The minimum absolute atomic E-state index is 0.0221. The van der Waals surface area contributed by atoms with Crippen LogP contribution < -0.4 is 25.4 Å².